The molecule has 1 atom stereocenters. The van der Waals surface area contributed by atoms with Gasteiger partial charge >= 0.3 is 6.09 Å². The molecule has 17 heavy (non-hydrogen) atoms. The number of hydrogen-bond acceptors (Lipinski definition) is 3. The van der Waals surface area contributed by atoms with Crippen LogP contribution in [0.2, 0.25) is 0 Å². The van der Waals surface area contributed by atoms with Gasteiger partial charge in [0.1, 0.15) is 6.10 Å². The molecular formula is C13H18N2O2. The molecule has 0 bridgehead atoms. The van der Waals surface area contributed by atoms with Gasteiger partial charge in [-0.2, -0.15) is 0 Å². The summed E-state index contributed by atoms with van der Waals surface area (Å²) in [5.41, 5.74) is 2.25. The molecule has 2 rings (SSSR count). The summed E-state index contributed by atoms with van der Waals surface area (Å²) in [6, 6.07) is 8.10. The van der Waals surface area contributed by atoms with Crippen LogP contribution < -0.4 is 10.2 Å². The molecule has 0 aliphatic carbocycles. The number of anilines is 1. The van der Waals surface area contributed by atoms with Crippen LogP contribution in [0.4, 0.5) is 10.5 Å². The zero-order valence-electron chi connectivity index (χ0n) is 10.3. The molecule has 1 heterocycles. The van der Waals surface area contributed by atoms with Crippen LogP contribution in [0, 0.1) is 0 Å². The van der Waals surface area contributed by atoms with Crippen molar-refractivity contribution in [1.82, 2.24) is 5.32 Å². The second kappa shape index (κ2) is 5.08. The highest BCUT2D eigenvalue weighted by atomic mass is 16.6. The highest BCUT2D eigenvalue weighted by Gasteiger charge is 2.23. The highest BCUT2D eigenvalue weighted by Crippen LogP contribution is 2.34. The number of benzene rings is 1. The third-order valence-corrected chi connectivity index (χ3v) is 3.11. The van der Waals surface area contributed by atoms with Crippen molar-refractivity contribution in [2.45, 2.75) is 18.9 Å². The number of alkyl carbamates (subject to hydrolysis) is 1. The molecule has 1 unspecified atom stereocenters. The zero-order valence-corrected chi connectivity index (χ0v) is 10.3. The van der Waals surface area contributed by atoms with Crippen LogP contribution >= 0.6 is 0 Å². The fourth-order valence-corrected chi connectivity index (χ4v) is 2.21. The summed E-state index contributed by atoms with van der Waals surface area (Å²) < 4.78 is 5.42. The molecule has 1 aliphatic rings. The summed E-state index contributed by atoms with van der Waals surface area (Å²) >= 11 is 0. The molecule has 92 valence electrons. The molecule has 0 saturated heterocycles. The van der Waals surface area contributed by atoms with E-state index in [1.54, 1.807) is 7.05 Å². The topological polar surface area (TPSA) is 41.6 Å². The van der Waals surface area contributed by atoms with Crippen molar-refractivity contribution in [3.8, 4) is 0 Å². The van der Waals surface area contributed by atoms with Crippen molar-refractivity contribution in [3.63, 3.8) is 0 Å². The fourth-order valence-electron chi connectivity index (χ4n) is 2.21. The van der Waals surface area contributed by atoms with E-state index >= 15 is 0 Å². The second-order valence-corrected chi connectivity index (χ2v) is 4.27. The lowest BCUT2D eigenvalue weighted by Gasteiger charge is -2.21. The van der Waals surface area contributed by atoms with Crippen LogP contribution in [-0.2, 0) is 4.74 Å². The largest absolute Gasteiger partial charge is 0.441 e. The smallest absolute Gasteiger partial charge is 0.407 e. The number of para-hydroxylation sites is 1. The minimum Gasteiger partial charge on any atom is -0.441 e. The van der Waals surface area contributed by atoms with E-state index in [-0.39, 0.29) is 12.2 Å². The predicted octanol–water partition coefficient (Wildman–Crippen LogP) is 2.31. The first-order valence-corrected chi connectivity index (χ1v) is 5.91. The Morgan fingerprint density at radius 1 is 1.47 bits per heavy atom. The van der Waals surface area contributed by atoms with Crippen molar-refractivity contribution in [3.05, 3.63) is 29.8 Å². The molecule has 0 saturated carbocycles. The number of hydrogen-bond donors (Lipinski definition) is 1. The first kappa shape index (κ1) is 11.8. The first-order valence-electron chi connectivity index (χ1n) is 5.91. The van der Waals surface area contributed by atoms with Crippen molar-refractivity contribution in [2.75, 3.05) is 25.5 Å². The van der Waals surface area contributed by atoms with E-state index in [9.17, 15) is 4.79 Å². The maximum Gasteiger partial charge on any atom is 0.407 e. The van der Waals surface area contributed by atoms with Crippen molar-refractivity contribution < 1.29 is 9.53 Å². The highest BCUT2D eigenvalue weighted by molar-refractivity contribution is 5.67. The Balaban J connectivity index is 2.28. The summed E-state index contributed by atoms with van der Waals surface area (Å²) in [7, 11) is 3.65. The number of carbonyl (C=O) groups is 1. The Morgan fingerprint density at radius 3 is 3.00 bits per heavy atom. The van der Waals surface area contributed by atoms with Crippen LogP contribution in [0.15, 0.2) is 24.3 Å². The summed E-state index contributed by atoms with van der Waals surface area (Å²) in [4.78, 5) is 13.5. The maximum absolute atomic E-state index is 11.3. The van der Waals surface area contributed by atoms with Gasteiger partial charge in [-0.25, -0.2) is 4.79 Å². The van der Waals surface area contributed by atoms with Gasteiger partial charge in [0.25, 0.3) is 0 Å². The lowest BCUT2D eigenvalue weighted by molar-refractivity contribution is 0.0948. The molecule has 0 aromatic heterocycles. The van der Waals surface area contributed by atoms with E-state index in [1.807, 2.05) is 18.2 Å². The van der Waals surface area contributed by atoms with Gasteiger partial charge in [0.2, 0.25) is 0 Å². The molecule has 4 heteroatoms. The van der Waals surface area contributed by atoms with Gasteiger partial charge < -0.3 is 15.0 Å². The average molecular weight is 234 g/mol. The molecule has 0 spiro atoms. The van der Waals surface area contributed by atoms with Gasteiger partial charge in [-0.1, -0.05) is 18.2 Å². The predicted molar refractivity (Wildman–Crippen MR) is 67.2 cm³/mol. The first-order chi connectivity index (χ1) is 8.22. The molecule has 0 fully saturated rings. The number of fused-ring (bicyclic) bond motifs is 1. The van der Waals surface area contributed by atoms with E-state index in [2.05, 4.69) is 23.3 Å². The zero-order chi connectivity index (χ0) is 12.3. The number of nitrogens with zero attached hydrogens (tertiary/aromatic N) is 1. The Hall–Kier alpha value is -1.71. The standard InChI is InChI=1S/C13H18N2O2/c1-14-13(16)17-12-8-5-9-15(2)11-7-4-3-6-10(11)12/h3-4,6-7,12H,5,8-9H2,1-2H3,(H,14,16). The fraction of sp³-hybridized carbons (Fsp3) is 0.462. The Morgan fingerprint density at radius 2 is 2.24 bits per heavy atom. The SMILES string of the molecule is CNC(=O)OC1CCCN(C)c2ccccc21. The number of rotatable bonds is 1. The van der Waals surface area contributed by atoms with Gasteiger partial charge in [-0.15, -0.1) is 0 Å². The van der Waals surface area contributed by atoms with E-state index in [0.29, 0.717) is 0 Å². The third kappa shape index (κ3) is 2.52. The molecular weight excluding hydrogens is 216 g/mol. The van der Waals surface area contributed by atoms with Crippen LogP contribution in [-0.4, -0.2) is 26.7 Å². The van der Waals surface area contributed by atoms with Crippen LogP contribution in [0.25, 0.3) is 0 Å². The number of ether oxygens (including phenoxy) is 1. The van der Waals surface area contributed by atoms with E-state index in [1.165, 1.54) is 0 Å². The lowest BCUT2D eigenvalue weighted by atomic mass is 10.0. The number of carbonyl (C=O) groups excluding carboxylic acids is 1. The van der Waals surface area contributed by atoms with Crippen LogP contribution in [0.3, 0.4) is 0 Å². The van der Waals surface area contributed by atoms with Gasteiger partial charge in [0, 0.05) is 31.9 Å². The number of nitrogens with one attached hydrogen (secondary N) is 1. The van der Waals surface area contributed by atoms with Crippen molar-refractivity contribution >= 4 is 11.8 Å². The molecule has 1 amide bonds. The molecule has 0 radical (unpaired) electrons. The minimum absolute atomic E-state index is 0.143. The summed E-state index contributed by atoms with van der Waals surface area (Å²) in [5.74, 6) is 0. The normalized spacial score (nSPS) is 19.2. The van der Waals surface area contributed by atoms with Crippen molar-refractivity contribution in [2.24, 2.45) is 0 Å². The Bertz CT molecular complexity index is 406. The average Bonchev–Trinajstić information content (AvgIpc) is 2.51. The van der Waals surface area contributed by atoms with E-state index < -0.39 is 0 Å². The Labute approximate surface area is 102 Å². The van der Waals surface area contributed by atoms with Gasteiger partial charge in [0.15, 0.2) is 0 Å². The van der Waals surface area contributed by atoms with Crippen molar-refractivity contribution in [1.29, 1.82) is 0 Å². The van der Waals surface area contributed by atoms with Gasteiger partial charge in [-0.05, 0) is 18.9 Å². The quantitative estimate of drug-likeness (QED) is 0.810. The second-order valence-electron chi connectivity index (χ2n) is 4.27. The maximum atomic E-state index is 11.3. The van der Waals surface area contributed by atoms with Crippen LogP contribution in [0.1, 0.15) is 24.5 Å². The molecule has 1 N–H and O–H groups in total. The molecule has 4 nitrogen and oxygen atoms in total. The lowest BCUT2D eigenvalue weighted by Crippen LogP contribution is -2.22. The minimum atomic E-state index is -0.366. The summed E-state index contributed by atoms with van der Waals surface area (Å²) in [6.07, 6.45) is 1.38. The molecule has 1 aromatic rings. The number of amides is 1. The summed E-state index contributed by atoms with van der Waals surface area (Å²) in [5, 5.41) is 2.50. The van der Waals surface area contributed by atoms with Gasteiger partial charge in [0.05, 0.1) is 0 Å². The van der Waals surface area contributed by atoms with Crippen LogP contribution in [0.5, 0.6) is 0 Å². The van der Waals surface area contributed by atoms with Gasteiger partial charge in [-0.3, -0.25) is 0 Å². The Kier molecular flexibility index (Phi) is 3.52. The third-order valence-electron chi connectivity index (χ3n) is 3.11. The monoisotopic (exact) mass is 234 g/mol. The van der Waals surface area contributed by atoms with E-state index in [0.717, 1.165) is 30.6 Å². The molecule has 1 aliphatic heterocycles. The van der Waals surface area contributed by atoms with E-state index in [4.69, 9.17) is 4.74 Å². The summed E-state index contributed by atoms with van der Waals surface area (Å²) in [6.45, 7) is 0.991. The molecule has 1 aromatic carbocycles.